The van der Waals surface area contributed by atoms with Gasteiger partial charge in [-0.15, -0.1) is 24.0 Å². The molecule has 0 amide bonds. The van der Waals surface area contributed by atoms with Crippen LogP contribution in [-0.2, 0) is 5.60 Å². The lowest BCUT2D eigenvalue weighted by molar-refractivity contribution is -0.0495. The standard InChI is InChI=1S/C21H28F2N4O3.HI/c1-3-24-20(25-14-21(2,28)18-9-6-12-29-18)26-15-10-11-27(13-15)16-7-4-5-8-17(16)30-19(22)23;/h4-9,12,15,19,28H,3,10-11,13-14H2,1-2H3,(H2,24,25,26);1H. The van der Waals surface area contributed by atoms with Crippen LogP contribution in [0.15, 0.2) is 52.1 Å². The zero-order valence-electron chi connectivity index (χ0n) is 17.6. The van der Waals surface area contributed by atoms with Gasteiger partial charge in [0, 0.05) is 25.7 Å². The van der Waals surface area contributed by atoms with Crippen molar-refractivity contribution in [2.24, 2.45) is 4.99 Å². The van der Waals surface area contributed by atoms with Crippen LogP contribution in [0.1, 0.15) is 26.0 Å². The summed E-state index contributed by atoms with van der Waals surface area (Å²) in [6, 6.07) is 10.3. The summed E-state index contributed by atoms with van der Waals surface area (Å²) in [5, 5.41) is 17.1. The number of aliphatic hydroxyl groups is 1. The van der Waals surface area contributed by atoms with Crippen LogP contribution < -0.4 is 20.3 Å². The van der Waals surface area contributed by atoms with Gasteiger partial charge in [0.05, 0.1) is 18.5 Å². The molecule has 1 aliphatic rings. The highest BCUT2D eigenvalue weighted by Gasteiger charge is 2.28. The average Bonchev–Trinajstić information content (AvgIpc) is 3.39. The Morgan fingerprint density at radius 2 is 2.13 bits per heavy atom. The number of nitrogens with zero attached hydrogens (tertiary/aromatic N) is 2. The molecule has 2 heterocycles. The molecule has 2 aromatic rings. The van der Waals surface area contributed by atoms with E-state index < -0.39 is 12.2 Å². The van der Waals surface area contributed by atoms with Crippen LogP contribution in [0.5, 0.6) is 5.75 Å². The van der Waals surface area contributed by atoms with Crippen molar-refractivity contribution < 1.29 is 23.0 Å². The van der Waals surface area contributed by atoms with E-state index in [4.69, 9.17) is 4.42 Å². The Labute approximate surface area is 197 Å². The van der Waals surface area contributed by atoms with Crippen molar-refractivity contribution in [3.63, 3.8) is 0 Å². The van der Waals surface area contributed by atoms with E-state index in [2.05, 4.69) is 20.4 Å². The minimum absolute atomic E-state index is 0. The highest BCUT2D eigenvalue weighted by atomic mass is 127. The minimum Gasteiger partial charge on any atom is -0.466 e. The second kappa shape index (κ2) is 11.5. The number of alkyl halides is 2. The van der Waals surface area contributed by atoms with Crippen molar-refractivity contribution in [1.29, 1.82) is 0 Å². The fraction of sp³-hybridized carbons (Fsp3) is 0.476. The Kier molecular flexibility index (Phi) is 9.35. The molecule has 3 rings (SSSR count). The van der Waals surface area contributed by atoms with Crippen molar-refractivity contribution in [2.75, 3.05) is 31.1 Å². The summed E-state index contributed by atoms with van der Waals surface area (Å²) in [6.45, 7) is 2.84. The first-order valence-corrected chi connectivity index (χ1v) is 9.99. The molecule has 1 aromatic carbocycles. The van der Waals surface area contributed by atoms with Gasteiger partial charge in [0.1, 0.15) is 17.1 Å². The number of hydrogen-bond acceptors (Lipinski definition) is 5. The van der Waals surface area contributed by atoms with Crippen LogP contribution in [0.25, 0.3) is 0 Å². The third-order valence-corrected chi connectivity index (χ3v) is 4.89. The second-order valence-corrected chi connectivity index (χ2v) is 7.37. The number of aliphatic imine (C=N–C) groups is 1. The zero-order chi connectivity index (χ0) is 21.6. The summed E-state index contributed by atoms with van der Waals surface area (Å²) in [5.74, 6) is 1.20. The van der Waals surface area contributed by atoms with Crippen molar-refractivity contribution in [2.45, 2.75) is 38.5 Å². The lowest BCUT2D eigenvalue weighted by Gasteiger charge is -2.23. The van der Waals surface area contributed by atoms with Crippen LogP contribution in [0.4, 0.5) is 14.5 Å². The normalized spacial score (nSPS) is 18.5. The Hall–Kier alpha value is -2.08. The van der Waals surface area contributed by atoms with Gasteiger partial charge in [-0.05, 0) is 44.5 Å². The molecule has 172 valence electrons. The Balaban J connectivity index is 0.00000341. The van der Waals surface area contributed by atoms with Crippen LogP contribution in [0, 0.1) is 0 Å². The Morgan fingerprint density at radius 1 is 1.35 bits per heavy atom. The van der Waals surface area contributed by atoms with Gasteiger partial charge in [-0.2, -0.15) is 8.78 Å². The number of halogens is 3. The molecule has 1 fully saturated rings. The number of anilines is 1. The quantitative estimate of drug-likeness (QED) is 0.265. The first-order chi connectivity index (χ1) is 14.4. The van der Waals surface area contributed by atoms with Crippen molar-refractivity contribution in [3.05, 3.63) is 48.4 Å². The predicted molar refractivity (Wildman–Crippen MR) is 127 cm³/mol. The van der Waals surface area contributed by atoms with E-state index in [1.807, 2.05) is 11.8 Å². The number of furan rings is 1. The van der Waals surface area contributed by atoms with Crippen LogP contribution in [-0.4, -0.2) is 49.9 Å². The highest BCUT2D eigenvalue weighted by Crippen LogP contribution is 2.31. The minimum atomic E-state index is -2.86. The number of nitrogens with one attached hydrogen (secondary N) is 2. The van der Waals surface area contributed by atoms with E-state index in [0.717, 1.165) is 6.42 Å². The molecule has 1 aromatic heterocycles. The maximum absolute atomic E-state index is 12.7. The molecule has 2 atom stereocenters. The monoisotopic (exact) mass is 550 g/mol. The van der Waals surface area contributed by atoms with E-state index in [1.165, 1.54) is 6.26 Å². The van der Waals surface area contributed by atoms with Crippen molar-refractivity contribution in [1.82, 2.24) is 10.6 Å². The summed E-state index contributed by atoms with van der Waals surface area (Å²) in [5.41, 5.74) is -0.580. The predicted octanol–water partition coefficient (Wildman–Crippen LogP) is 3.54. The fourth-order valence-electron chi connectivity index (χ4n) is 3.42. The van der Waals surface area contributed by atoms with Gasteiger partial charge in [0.2, 0.25) is 0 Å². The molecule has 10 heteroatoms. The van der Waals surface area contributed by atoms with E-state index >= 15 is 0 Å². The second-order valence-electron chi connectivity index (χ2n) is 7.37. The summed E-state index contributed by atoms with van der Waals surface area (Å²) in [6.07, 6.45) is 2.32. The molecule has 0 radical (unpaired) electrons. The first kappa shape index (κ1) is 25.2. The molecule has 31 heavy (non-hydrogen) atoms. The summed E-state index contributed by atoms with van der Waals surface area (Å²) >= 11 is 0. The third kappa shape index (κ3) is 6.96. The fourth-order valence-corrected chi connectivity index (χ4v) is 3.42. The first-order valence-electron chi connectivity index (χ1n) is 9.99. The molecule has 2 unspecified atom stereocenters. The van der Waals surface area contributed by atoms with Crippen LogP contribution in [0.2, 0.25) is 0 Å². The van der Waals surface area contributed by atoms with E-state index in [9.17, 15) is 13.9 Å². The lowest BCUT2D eigenvalue weighted by Crippen LogP contribution is -2.45. The van der Waals surface area contributed by atoms with Gasteiger partial charge < -0.3 is 29.8 Å². The van der Waals surface area contributed by atoms with Gasteiger partial charge in [0.25, 0.3) is 0 Å². The number of ether oxygens (including phenoxy) is 1. The molecular weight excluding hydrogens is 521 g/mol. The maximum Gasteiger partial charge on any atom is 0.387 e. The molecule has 0 saturated carbocycles. The Bertz CT molecular complexity index is 834. The molecule has 1 aliphatic heterocycles. The highest BCUT2D eigenvalue weighted by molar-refractivity contribution is 14.0. The van der Waals surface area contributed by atoms with Gasteiger partial charge >= 0.3 is 6.61 Å². The van der Waals surface area contributed by atoms with Crippen molar-refractivity contribution in [3.8, 4) is 5.75 Å². The molecule has 0 bridgehead atoms. The summed E-state index contributed by atoms with van der Waals surface area (Å²) < 4.78 is 35.3. The lowest BCUT2D eigenvalue weighted by atomic mass is 10.0. The van der Waals surface area contributed by atoms with Gasteiger partial charge in [0.15, 0.2) is 5.96 Å². The number of guanidine groups is 1. The van der Waals surface area contributed by atoms with Gasteiger partial charge in [-0.1, -0.05) is 12.1 Å². The molecule has 0 aliphatic carbocycles. The largest absolute Gasteiger partial charge is 0.466 e. The number of rotatable bonds is 8. The molecule has 3 N–H and O–H groups in total. The van der Waals surface area contributed by atoms with Gasteiger partial charge in [-0.3, -0.25) is 0 Å². The molecule has 7 nitrogen and oxygen atoms in total. The van der Waals surface area contributed by atoms with E-state index in [1.54, 1.807) is 43.3 Å². The van der Waals surface area contributed by atoms with Crippen molar-refractivity contribution >= 4 is 35.6 Å². The van der Waals surface area contributed by atoms with E-state index in [-0.39, 0.29) is 42.3 Å². The van der Waals surface area contributed by atoms with Gasteiger partial charge in [-0.25, -0.2) is 4.99 Å². The smallest absolute Gasteiger partial charge is 0.387 e. The zero-order valence-corrected chi connectivity index (χ0v) is 19.9. The number of hydrogen-bond donors (Lipinski definition) is 3. The summed E-state index contributed by atoms with van der Waals surface area (Å²) in [4.78, 5) is 6.51. The molecule has 0 spiro atoms. The third-order valence-electron chi connectivity index (χ3n) is 4.89. The number of para-hydroxylation sites is 2. The molecule has 1 saturated heterocycles. The topological polar surface area (TPSA) is 82.3 Å². The van der Waals surface area contributed by atoms with Crippen LogP contribution in [0.3, 0.4) is 0 Å². The van der Waals surface area contributed by atoms with E-state index in [0.29, 0.717) is 37.0 Å². The maximum atomic E-state index is 12.7. The summed E-state index contributed by atoms with van der Waals surface area (Å²) in [7, 11) is 0. The molecular formula is C21H29F2IN4O3. The Morgan fingerprint density at radius 3 is 2.81 bits per heavy atom. The SMILES string of the molecule is CCNC(=NCC(C)(O)c1ccco1)NC1CCN(c2ccccc2OC(F)F)C1.I. The number of benzene rings is 1. The van der Waals surface area contributed by atoms with Crippen LogP contribution >= 0.6 is 24.0 Å². The average molecular weight is 550 g/mol.